The Kier molecular flexibility index (Phi) is 4.31. The van der Waals surface area contributed by atoms with E-state index in [1.54, 1.807) is 43.3 Å². The Morgan fingerprint density at radius 2 is 2.05 bits per heavy atom. The maximum Gasteiger partial charge on any atom is 0.255 e. The Morgan fingerprint density at radius 3 is 2.74 bits per heavy atom. The molecule has 0 atom stereocenters. The van der Waals surface area contributed by atoms with Gasteiger partial charge in [-0.05, 0) is 59.8 Å². The minimum Gasteiger partial charge on any atom is -0.508 e. The summed E-state index contributed by atoms with van der Waals surface area (Å²) in [5, 5.41) is 12.9. The second-order valence-corrected chi connectivity index (χ2v) is 5.60. The van der Waals surface area contributed by atoms with Crippen LogP contribution in [-0.4, -0.2) is 11.0 Å². The lowest BCUT2D eigenvalue weighted by atomic mass is 10.1. The van der Waals surface area contributed by atoms with Crippen LogP contribution in [0.5, 0.6) is 5.75 Å². The van der Waals surface area contributed by atoms with E-state index >= 15 is 0 Å². The van der Waals surface area contributed by atoms with Gasteiger partial charge in [0.05, 0.1) is 5.02 Å². The third kappa shape index (κ3) is 3.19. The smallest absolute Gasteiger partial charge is 0.255 e. The van der Waals surface area contributed by atoms with Gasteiger partial charge in [0.2, 0.25) is 0 Å². The number of carbonyl (C=O) groups is 1. The molecule has 0 heterocycles. The molecule has 0 saturated heterocycles. The number of nitrogens with one attached hydrogen (secondary N) is 1. The van der Waals surface area contributed by atoms with E-state index in [1.807, 2.05) is 0 Å². The van der Waals surface area contributed by atoms with E-state index in [-0.39, 0.29) is 11.7 Å². The van der Waals surface area contributed by atoms with Crippen molar-refractivity contribution in [2.45, 2.75) is 6.92 Å². The van der Waals surface area contributed by atoms with E-state index < -0.39 is 0 Å². The lowest BCUT2D eigenvalue weighted by molar-refractivity contribution is 0.102. The van der Waals surface area contributed by atoms with Crippen molar-refractivity contribution < 1.29 is 9.90 Å². The Morgan fingerprint density at radius 1 is 1.32 bits per heavy atom. The molecule has 0 spiro atoms. The highest BCUT2D eigenvalue weighted by molar-refractivity contribution is 14.1. The van der Waals surface area contributed by atoms with Crippen molar-refractivity contribution in [3.63, 3.8) is 0 Å². The van der Waals surface area contributed by atoms with Crippen LogP contribution in [0.15, 0.2) is 36.4 Å². The summed E-state index contributed by atoms with van der Waals surface area (Å²) >= 11 is 8.09. The summed E-state index contributed by atoms with van der Waals surface area (Å²) in [4.78, 5) is 12.1. The molecule has 2 N–H and O–H groups in total. The summed E-state index contributed by atoms with van der Waals surface area (Å²) in [5.41, 5.74) is 1.69. The van der Waals surface area contributed by atoms with Crippen molar-refractivity contribution in [1.29, 1.82) is 0 Å². The van der Waals surface area contributed by atoms with Gasteiger partial charge >= 0.3 is 0 Å². The maximum absolute atomic E-state index is 12.1. The van der Waals surface area contributed by atoms with Crippen LogP contribution in [0, 0.1) is 10.5 Å². The largest absolute Gasteiger partial charge is 0.508 e. The molecule has 2 aromatic carbocycles. The maximum atomic E-state index is 12.1. The molecule has 5 heteroatoms. The molecular formula is C14H11ClINO2. The lowest BCUT2D eigenvalue weighted by Gasteiger charge is -2.10. The van der Waals surface area contributed by atoms with Crippen LogP contribution in [0.2, 0.25) is 5.02 Å². The van der Waals surface area contributed by atoms with Crippen LogP contribution in [0.25, 0.3) is 0 Å². The zero-order chi connectivity index (χ0) is 14.0. The quantitative estimate of drug-likeness (QED) is 0.758. The predicted molar refractivity (Wildman–Crippen MR) is 85.0 cm³/mol. The number of phenolic OH excluding ortho intramolecular Hbond substituents is 1. The first-order valence-electron chi connectivity index (χ1n) is 5.54. The van der Waals surface area contributed by atoms with Gasteiger partial charge in [0.1, 0.15) is 5.75 Å². The summed E-state index contributed by atoms with van der Waals surface area (Å²) in [6.07, 6.45) is 0. The molecule has 0 aliphatic heterocycles. The molecule has 0 fully saturated rings. The van der Waals surface area contributed by atoms with E-state index in [1.165, 1.54) is 0 Å². The normalized spacial score (nSPS) is 10.3. The number of anilines is 1. The summed E-state index contributed by atoms with van der Waals surface area (Å²) in [6.45, 7) is 1.74. The van der Waals surface area contributed by atoms with E-state index in [4.69, 9.17) is 11.6 Å². The second-order valence-electron chi connectivity index (χ2n) is 4.03. The molecular weight excluding hydrogens is 377 g/mol. The van der Waals surface area contributed by atoms with Crippen LogP contribution in [0.1, 0.15) is 15.9 Å². The molecule has 0 aliphatic carbocycles. The van der Waals surface area contributed by atoms with Crippen LogP contribution in [0.3, 0.4) is 0 Å². The van der Waals surface area contributed by atoms with Gasteiger partial charge in [-0.25, -0.2) is 0 Å². The highest BCUT2D eigenvalue weighted by Crippen LogP contribution is 2.25. The van der Waals surface area contributed by atoms with Crippen LogP contribution >= 0.6 is 34.2 Å². The minimum atomic E-state index is -0.257. The summed E-state index contributed by atoms with van der Waals surface area (Å²) in [7, 11) is 0. The van der Waals surface area contributed by atoms with Crippen LogP contribution in [-0.2, 0) is 0 Å². The molecule has 19 heavy (non-hydrogen) atoms. The monoisotopic (exact) mass is 387 g/mol. The second kappa shape index (κ2) is 5.79. The Bertz CT molecular complexity index is 643. The average Bonchev–Trinajstić information content (AvgIpc) is 2.38. The molecule has 0 saturated carbocycles. The van der Waals surface area contributed by atoms with Gasteiger partial charge in [-0.2, -0.15) is 0 Å². The SMILES string of the molecule is Cc1c(O)cccc1NC(=O)c1ccc(I)c(Cl)c1. The predicted octanol–water partition coefficient (Wildman–Crippen LogP) is 4.21. The van der Waals surface area contributed by atoms with Crippen molar-refractivity contribution in [2.75, 3.05) is 5.32 Å². The highest BCUT2D eigenvalue weighted by Gasteiger charge is 2.10. The number of phenols is 1. The van der Waals surface area contributed by atoms with Crippen molar-refractivity contribution in [3.05, 3.63) is 56.1 Å². The number of hydrogen-bond acceptors (Lipinski definition) is 2. The number of carbonyl (C=O) groups excluding carboxylic acids is 1. The van der Waals surface area contributed by atoms with Gasteiger partial charge in [0.15, 0.2) is 0 Å². The summed E-state index contributed by atoms with van der Waals surface area (Å²) in [6, 6.07) is 10.1. The molecule has 2 aromatic rings. The first-order chi connectivity index (χ1) is 8.99. The Labute approximate surface area is 129 Å². The van der Waals surface area contributed by atoms with Gasteiger partial charge < -0.3 is 10.4 Å². The minimum absolute atomic E-state index is 0.151. The van der Waals surface area contributed by atoms with Crippen molar-refractivity contribution in [3.8, 4) is 5.75 Å². The molecule has 0 aliphatic rings. The first-order valence-corrected chi connectivity index (χ1v) is 6.99. The molecule has 0 aromatic heterocycles. The summed E-state index contributed by atoms with van der Waals surface area (Å²) in [5.74, 6) is -0.106. The Balaban J connectivity index is 2.26. The molecule has 0 unspecified atom stereocenters. The number of rotatable bonds is 2. The van der Waals surface area contributed by atoms with Crippen LogP contribution < -0.4 is 5.32 Å². The van der Waals surface area contributed by atoms with E-state index in [0.717, 1.165) is 3.57 Å². The molecule has 1 amide bonds. The lowest BCUT2D eigenvalue weighted by Crippen LogP contribution is -2.12. The molecule has 0 radical (unpaired) electrons. The number of hydrogen-bond donors (Lipinski definition) is 2. The van der Waals surface area contributed by atoms with Gasteiger partial charge in [-0.15, -0.1) is 0 Å². The standard InChI is InChI=1S/C14H11ClINO2/c1-8-12(3-2-4-13(8)18)17-14(19)9-5-6-11(16)10(15)7-9/h2-7,18H,1H3,(H,17,19). The third-order valence-electron chi connectivity index (χ3n) is 2.74. The molecule has 3 nitrogen and oxygen atoms in total. The number of benzene rings is 2. The number of amides is 1. The van der Waals surface area contributed by atoms with Gasteiger partial charge in [0.25, 0.3) is 5.91 Å². The van der Waals surface area contributed by atoms with Gasteiger partial charge in [-0.3, -0.25) is 4.79 Å². The third-order valence-corrected chi connectivity index (χ3v) is 4.31. The van der Waals surface area contributed by atoms with E-state index in [2.05, 4.69) is 27.9 Å². The average molecular weight is 388 g/mol. The topological polar surface area (TPSA) is 49.3 Å². The fraction of sp³-hybridized carbons (Fsp3) is 0.0714. The van der Waals surface area contributed by atoms with Crippen molar-refractivity contribution in [2.24, 2.45) is 0 Å². The molecule has 0 bridgehead atoms. The van der Waals surface area contributed by atoms with Crippen molar-refractivity contribution in [1.82, 2.24) is 0 Å². The number of aromatic hydroxyl groups is 1. The zero-order valence-corrected chi connectivity index (χ0v) is 13.0. The van der Waals surface area contributed by atoms with E-state index in [9.17, 15) is 9.90 Å². The highest BCUT2D eigenvalue weighted by atomic mass is 127. The Hall–Kier alpha value is -1.27. The first kappa shape index (κ1) is 14.1. The van der Waals surface area contributed by atoms with Crippen molar-refractivity contribution >= 4 is 45.8 Å². The van der Waals surface area contributed by atoms with Gasteiger partial charge in [0, 0.05) is 20.4 Å². The van der Waals surface area contributed by atoms with Crippen LogP contribution in [0.4, 0.5) is 5.69 Å². The number of halogens is 2. The fourth-order valence-electron chi connectivity index (χ4n) is 1.59. The zero-order valence-electron chi connectivity index (χ0n) is 10.1. The fourth-order valence-corrected chi connectivity index (χ4v) is 2.11. The molecule has 98 valence electrons. The van der Waals surface area contributed by atoms with Gasteiger partial charge in [-0.1, -0.05) is 17.7 Å². The summed E-state index contributed by atoms with van der Waals surface area (Å²) < 4.78 is 0.893. The van der Waals surface area contributed by atoms with E-state index in [0.29, 0.717) is 21.8 Å². The molecule has 2 rings (SSSR count).